The van der Waals surface area contributed by atoms with Gasteiger partial charge in [0.15, 0.2) is 0 Å². The van der Waals surface area contributed by atoms with Crippen molar-refractivity contribution in [3.8, 4) is 0 Å². The molecular weight excluding hydrogens is 222 g/mol. The van der Waals surface area contributed by atoms with Crippen molar-refractivity contribution in [2.24, 2.45) is 0 Å². The van der Waals surface area contributed by atoms with Gasteiger partial charge in [-0.05, 0) is 13.3 Å². The molecule has 0 aliphatic heterocycles. The van der Waals surface area contributed by atoms with E-state index < -0.39 is 0 Å². The quantitative estimate of drug-likeness (QED) is 0.528. The van der Waals surface area contributed by atoms with Crippen LogP contribution in [0.15, 0.2) is 0 Å². The summed E-state index contributed by atoms with van der Waals surface area (Å²) in [5.74, 6) is 0.0871. The summed E-state index contributed by atoms with van der Waals surface area (Å²) in [5.41, 5.74) is 0. The van der Waals surface area contributed by atoms with Gasteiger partial charge in [0.2, 0.25) is 5.91 Å². The highest BCUT2D eigenvalue weighted by atomic mass is 16.5. The maximum Gasteiger partial charge on any atom is 0.220 e. The van der Waals surface area contributed by atoms with Crippen LogP contribution < -0.4 is 5.32 Å². The zero-order valence-electron chi connectivity index (χ0n) is 11.0. The Morgan fingerprint density at radius 1 is 1.00 bits per heavy atom. The van der Waals surface area contributed by atoms with Gasteiger partial charge in [-0.3, -0.25) is 4.79 Å². The van der Waals surface area contributed by atoms with Crippen molar-refractivity contribution in [2.75, 3.05) is 46.2 Å². The molecule has 1 N–H and O–H groups in total. The molecule has 0 rings (SSSR count). The normalized spacial score (nSPS) is 10.5. The maximum atomic E-state index is 11.1. The van der Waals surface area contributed by atoms with E-state index in [1.165, 1.54) is 0 Å². The van der Waals surface area contributed by atoms with Gasteiger partial charge in [0, 0.05) is 21.0 Å². The molecule has 5 nitrogen and oxygen atoms in total. The second kappa shape index (κ2) is 13.4. The van der Waals surface area contributed by atoms with Crippen LogP contribution in [0.3, 0.4) is 0 Å². The molecule has 0 fully saturated rings. The molecule has 0 aliphatic carbocycles. The number of hydrogen-bond donors (Lipinski definition) is 1. The van der Waals surface area contributed by atoms with Crippen molar-refractivity contribution >= 4 is 5.91 Å². The molecule has 0 saturated carbocycles. The van der Waals surface area contributed by atoms with Gasteiger partial charge in [-0.2, -0.15) is 0 Å². The summed E-state index contributed by atoms with van der Waals surface area (Å²) < 4.78 is 15.7. The fraction of sp³-hybridized carbons (Fsp3) is 0.917. The van der Waals surface area contributed by atoms with E-state index in [0.717, 1.165) is 13.0 Å². The lowest BCUT2D eigenvalue weighted by Crippen LogP contribution is -2.27. The van der Waals surface area contributed by atoms with Crippen LogP contribution in [0.5, 0.6) is 0 Å². The maximum absolute atomic E-state index is 11.1. The third-order valence-corrected chi connectivity index (χ3v) is 1.99. The molecule has 0 saturated heterocycles. The molecular formula is C12H27NO4. The molecule has 0 bridgehead atoms. The molecule has 0 aromatic rings. The number of ether oxygens (including phenoxy) is 3. The monoisotopic (exact) mass is 249 g/mol. The second-order valence-electron chi connectivity index (χ2n) is 3.52. The zero-order valence-corrected chi connectivity index (χ0v) is 11.0. The smallest absolute Gasteiger partial charge is 0.220 e. The summed E-state index contributed by atoms with van der Waals surface area (Å²) in [6.07, 6.45) is 1.46. The molecule has 0 radical (unpaired) electrons. The summed E-state index contributed by atoms with van der Waals surface area (Å²) in [6.45, 7) is 8.10. The van der Waals surface area contributed by atoms with E-state index in [1.807, 2.05) is 13.8 Å². The molecule has 0 aromatic carbocycles. The lowest BCUT2D eigenvalue weighted by molar-refractivity contribution is -0.121. The summed E-state index contributed by atoms with van der Waals surface area (Å²) in [4.78, 5) is 11.1. The van der Waals surface area contributed by atoms with Crippen LogP contribution >= 0.6 is 0 Å². The summed E-state index contributed by atoms with van der Waals surface area (Å²) in [7, 11) is 0. The molecule has 17 heavy (non-hydrogen) atoms. The Balaban J connectivity index is 0. The van der Waals surface area contributed by atoms with Crippen molar-refractivity contribution in [3.05, 3.63) is 0 Å². The molecule has 104 valence electrons. The fourth-order valence-corrected chi connectivity index (χ4v) is 1.16. The van der Waals surface area contributed by atoms with Gasteiger partial charge < -0.3 is 19.5 Å². The minimum atomic E-state index is 0. The van der Waals surface area contributed by atoms with Gasteiger partial charge in [0.25, 0.3) is 0 Å². The van der Waals surface area contributed by atoms with Crippen molar-refractivity contribution in [1.29, 1.82) is 0 Å². The van der Waals surface area contributed by atoms with E-state index in [1.54, 1.807) is 0 Å². The number of amides is 1. The molecule has 5 heteroatoms. The average molecular weight is 249 g/mol. The van der Waals surface area contributed by atoms with Crippen LogP contribution in [0.2, 0.25) is 0 Å². The van der Waals surface area contributed by atoms with E-state index in [4.69, 9.17) is 14.2 Å². The predicted molar refractivity (Wildman–Crippen MR) is 68.2 cm³/mol. The highest BCUT2D eigenvalue weighted by Gasteiger charge is 1.97. The largest absolute Gasteiger partial charge is 0.379 e. The molecule has 0 spiro atoms. The molecule has 0 heterocycles. The summed E-state index contributed by atoms with van der Waals surface area (Å²) >= 11 is 0. The molecule has 1 amide bonds. The summed E-state index contributed by atoms with van der Waals surface area (Å²) in [6, 6.07) is 0. The van der Waals surface area contributed by atoms with Gasteiger partial charge in [-0.1, -0.05) is 6.92 Å². The van der Waals surface area contributed by atoms with Gasteiger partial charge in [0.05, 0.1) is 33.0 Å². The predicted octanol–water partition coefficient (Wildman–Crippen LogP) is 1.22. The summed E-state index contributed by atoms with van der Waals surface area (Å²) in [5, 5.41) is 2.78. The van der Waals surface area contributed by atoms with Crippen LogP contribution in [0.25, 0.3) is 0 Å². The fourth-order valence-electron chi connectivity index (χ4n) is 1.16. The first-order chi connectivity index (χ1) is 8.31. The van der Waals surface area contributed by atoms with Gasteiger partial charge >= 0.3 is 0 Å². The van der Waals surface area contributed by atoms with E-state index in [0.29, 0.717) is 46.0 Å². The Labute approximate surface area is 105 Å². The minimum Gasteiger partial charge on any atom is -0.379 e. The minimum absolute atomic E-state index is 0. The number of carbonyl (C=O) groups is 1. The third kappa shape index (κ3) is 13.3. The van der Waals surface area contributed by atoms with Crippen LogP contribution in [0, 0.1) is 0 Å². The van der Waals surface area contributed by atoms with Gasteiger partial charge in [-0.15, -0.1) is 0 Å². The van der Waals surface area contributed by atoms with Crippen molar-refractivity contribution in [1.82, 2.24) is 5.32 Å². The van der Waals surface area contributed by atoms with Crippen molar-refractivity contribution in [3.63, 3.8) is 0 Å². The Hall–Kier alpha value is -0.650. The van der Waals surface area contributed by atoms with E-state index >= 15 is 0 Å². The Kier molecular flexibility index (Phi) is 12.9. The van der Waals surface area contributed by atoms with Gasteiger partial charge in [0.1, 0.15) is 0 Å². The van der Waals surface area contributed by atoms with E-state index in [2.05, 4.69) is 5.32 Å². The first kappa shape index (κ1) is 16.4. The Bertz CT molecular complexity index is 181. The Morgan fingerprint density at radius 3 is 2.18 bits per heavy atom. The van der Waals surface area contributed by atoms with Gasteiger partial charge in [-0.25, -0.2) is 0 Å². The number of carbonyl (C=O) groups excluding carboxylic acids is 1. The number of hydrogen-bond acceptors (Lipinski definition) is 4. The number of nitrogens with one attached hydrogen (secondary N) is 1. The second-order valence-corrected chi connectivity index (χ2v) is 3.52. The standard InChI is InChI=1S/C12H25NO4.H2/c1-3-5-12(14)13-6-7-16-10-11-17-9-8-15-4-2;/h3-11H2,1-2H3,(H,13,14);1H. The van der Waals surface area contributed by atoms with E-state index in [9.17, 15) is 4.79 Å². The SMILES string of the molecule is CCCC(=O)NCCOCCOCCOCC.[HH]. The molecule has 0 aromatic heterocycles. The number of rotatable bonds is 12. The molecule has 0 unspecified atom stereocenters. The topological polar surface area (TPSA) is 56.8 Å². The highest BCUT2D eigenvalue weighted by Crippen LogP contribution is 1.85. The third-order valence-electron chi connectivity index (χ3n) is 1.99. The first-order valence-electron chi connectivity index (χ1n) is 6.31. The highest BCUT2D eigenvalue weighted by molar-refractivity contribution is 5.75. The first-order valence-corrected chi connectivity index (χ1v) is 6.31. The van der Waals surface area contributed by atoms with Crippen molar-refractivity contribution < 1.29 is 20.4 Å². The van der Waals surface area contributed by atoms with Crippen molar-refractivity contribution in [2.45, 2.75) is 26.7 Å². The Morgan fingerprint density at radius 2 is 1.59 bits per heavy atom. The van der Waals surface area contributed by atoms with Crippen LogP contribution in [-0.2, 0) is 19.0 Å². The molecule has 0 aliphatic rings. The molecule has 0 atom stereocenters. The lowest BCUT2D eigenvalue weighted by atomic mass is 10.3. The average Bonchev–Trinajstić information content (AvgIpc) is 2.32. The van der Waals surface area contributed by atoms with E-state index in [-0.39, 0.29) is 7.33 Å². The van der Waals surface area contributed by atoms with Crippen LogP contribution in [0.1, 0.15) is 28.1 Å². The zero-order chi connectivity index (χ0) is 12.8. The van der Waals surface area contributed by atoms with Crippen LogP contribution in [-0.4, -0.2) is 52.1 Å². The van der Waals surface area contributed by atoms with Crippen LogP contribution in [0.4, 0.5) is 0 Å². The lowest BCUT2D eigenvalue weighted by Gasteiger charge is -2.07.